The maximum atomic E-state index is 13.0. The fraction of sp³-hybridized carbons (Fsp3) is 0.696. The summed E-state index contributed by atoms with van der Waals surface area (Å²) < 4.78 is 11.5. The van der Waals surface area contributed by atoms with Crippen LogP contribution in [0.3, 0.4) is 0 Å². The van der Waals surface area contributed by atoms with Crippen LogP contribution < -0.4 is 4.74 Å². The normalized spacial score (nSPS) is 21.1. The summed E-state index contributed by atoms with van der Waals surface area (Å²) in [5.74, 6) is 1.36. The largest absolute Gasteiger partial charge is 0.483 e. The molecule has 0 N–H and O–H groups in total. The number of rotatable bonds is 7. The zero-order valence-corrected chi connectivity index (χ0v) is 17.8. The molecule has 0 spiro atoms. The molecule has 1 atom stereocenters. The van der Waals surface area contributed by atoms with Crippen molar-refractivity contribution in [3.8, 4) is 5.75 Å². The maximum Gasteiger partial charge on any atom is 0.260 e. The lowest BCUT2D eigenvalue weighted by molar-refractivity contribution is -0.137. The standard InChI is InChI=1S/C23H36N2O3/c1-18(2)21-8-7-19(3)16-22(21)28-17-23(26)25-10-5-4-6-20(25)9-11-24-12-14-27-15-13-24/h7-8,16,18,20H,4-6,9-15,17H2,1-3H3/t20-/m0/s1. The monoisotopic (exact) mass is 388 g/mol. The zero-order chi connectivity index (χ0) is 19.9. The molecule has 5 heteroatoms. The van der Waals surface area contributed by atoms with E-state index in [1.165, 1.54) is 12.0 Å². The summed E-state index contributed by atoms with van der Waals surface area (Å²) in [4.78, 5) is 17.5. The molecule has 0 radical (unpaired) electrons. The van der Waals surface area contributed by atoms with Crippen LogP contribution in [0.1, 0.15) is 56.6 Å². The second-order valence-corrected chi connectivity index (χ2v) is 8.46. The Bertz CT molecular complexity index is 641. The molecular weight excluding hydrogens is 352 g/mol. The molecule has 5 nitrogen and oxygen atoms in total. The minimum absolute atomic E-state index is 0.128. The highest BCUT2D eigenvalue weighted by Crippen LogP contribution is 2.28. The highest BCUT2D eigenvalue weighted by atomic mass is 16.5. The van der Waals surface area contributed by atoms with E-state index in [2.05, 4.69) is 48.8 Å². The predicted octanol–water partition coefficient (Wildman–Crippen LogP) is 3.60. The van der Waals surface area contributed by atoms with Crippen molar-refractivity contribution in [2.45, 2.75) is 58.4 Å². The first-order chi connectivity index (χ1) is 13.5. The van der Waals surface area contributed by atoms with Gasteiger partial charge in [0.15, 0.2) is 6.61 Å². The lowest BCUT2D eigenvalue weighted by Crippen LogP contribution is -2.47. The average Bonchev–Trinajstić information content (AvgIpc) is 2.71. The highest BCUT2D eigenvalue weighted by molar-refractivity contribution is 5.78. The van der Waals surface area contributed by atoms with Gasteiger partial charge in [-0.3, -0.25) is 9.69 Å². The molecule has 2 aliphatic heterocycles. The molecule has 3 rings (SSSR count). The summed E-state index contributed by atoms with van der Waals surface area (Å²) >= 11 is 0. The molecule has 2 heterocycles. The molecule has 2 aliphatic rings. The van der Waals surface area contributed by atoms with Crippen LogP contribution in [0.5, 0.6) is 5.75 Å². The molecule has 0 bridgehead atoms. The van der Waals surface area contributed by atoms with Crippen molar-refractivity contribution in [2.24, 2.45) is 0 Å². The van der Waals surface area contributed by atoms with Crippen LogP contribution in [0.25, 0.3) is 0 Å². The summed E-state index contributed by atoms with van der Waals surface area (Å²) in [6.45, 7) is 12.1. The number of morpholine rings is 1. The van der Waals surface area contributed by atoms with Crippen LogP contribution in [0, 0.1) is 6.92 Å². The van der Waals surface area contributed by atoms with Crippen LogP contribution in [0.2, 0.25) is 0 Å². The van der Waals surface area contributed by atoms with E-state index < -0.39 is 0 Å². The van der Waals surface area contributed by atoms with E-state index >= 15 is 0 Å². The first kappa shape index (κ1) is 21.1. The Labute approximate surface area is 170 Å². The third-order valence-corrected chi connectivity index (χ3v) is 5.97. The SMILES string of the molecule is Cc1ccc(C(C)C)c(OCC(=O)N2CCCC[C@H]2CCN2CCOCC2)c1. The number of hydrogen-bond donors (Lipinski definition) is 0. The summed E-state index contributed by atoms with van der Waals surface area (Å²) in [5, 5.41) is 0. The minimum Gasteiger partial charge on any atom is -0.483 e. The molecule has 0 aromatic heterocycles. The highest BCUT2D eigenvalue weighted by Gasteiger charge is 2.27. The van der Waals surface area contributed by atoms with Gasteiger partial charge < -0.3 is 14.4 Å². The van der Waals surface area contributed by atoms with E-state index in [0.29, 0.717) is 12.0 Å². The van der Waals surface area contributed by atoms with Gasteiger partial charge in [-0.25, -0.2) is 0 Å². The van der Waals surface area contributed by atoms with Crippen molar-refractivity contribution >= 4 is 5.91 Å². The number of benzene rings is 1. The summed E-state index contributed by atoms with van der Waals surface area (Å²) in [6.07, 6.45) is 4.47. The molecule has 0 saturated carbocycles. The van der Waals surface area contributed by atoms with Crippen molar-refractivity contribution in [2.75, 3.05) is 46.0 Å². The number of hydrogen-bond acceptors (Lipinski definition) is 4. The number of likely N-dealkylation sites (tertiary alicyclic amines) is 1. The first-order valence-corrected chi connectivity index (χ1v) is 10.9. The van der Waals surface area contributed by atoms with Crippen LogP contribution in [0.15, 0.2) is 18.2 Å². The third kappa shape index (κ3) is 5.71. The zero-order valence-electron chi connectivity index (χ0n) is 17.8. The fourth-order valence-electron chi connectivity index (χ4n) is 4.25. The maximum absolute atomic E-state index is 13.0. The molecule has 2 saturated heterocycles. The van der Waals surface area contributed by atoms with Crippen molar-refractivity contribution in [1.82, 2.24) is 9.80 Å². The Hall–Kier alpha value is -1.59. The van der Waals surface area contributed by atoms with Gasteiger partial charge in [-0.05, 0) is 55.7 Å². The van der Waals surface area contributed by atoms with Crippen molar-refractivity contribution in [1.29, 1.82) is 0 Å². The first-order valence-electron chi connectivity index (χ1n) is 10.9. The number of amides is 1. The van der Waals surface area contributed by atoms with E-state index in [9.17, 15) is 4.79 Å². The molecule has 1 aromatic rings. The van der Waals surface area contributed by atoms with Gasteiger partial charge in [-0.2, -0.15) is 0 Å². The Morgan fingerprint density at radius 3 is 2.75 bits per heavy atom. The predicted molar refractivity (Wildman–Crippen MR) is 112 cm³/mol. The van der Waals surface area contributed by atoms with Crippen LogP contribution in [0.4, 0.5) is 0 Å². The molecule has 0 aliphatic carbocycles. The molecule has 1 aromatic carbocycles. The number of nitrogens with zero attached hydrogens (tertiary/aromatic N) is 2. The number of carbonyl (C=O) groups excluding carboxylic acids is 1. The fourth-order valence-corrected chi connectivity index (χ4v) is 4.25. The van der Waals surface area contributed by atoms with Gasteiger partial charge >= 0.3 is 0 Å². The number of ether oxygens (including phenoxy) is 2. The second-order valence-electron chi connectivity index (χ2n) is 8.46. The van der Waals surface area contributed by atoms with Gasteiger partial charge in [-0.1, -0.05) is 26.0 Å². The van der Waals surface area contributed by atoms with Crippen molar-refractivity contribution < 1.29 is 14.3 Å². The van der Waals surface area contributed by atoms with Gasteiger partial charge in [0, 0.05) is 32.2 Å². The summed E-state index contributed by atoms with van der Waals surface area (Å²) in [5.41, 5.74) is 2.33. The van der Waals surface area contributed by atoms with Crippen molar-refractivity contribution in [3.63, 3.8) is 0 Å². The Morgan fingerprint density at radius 2 is 2.00 bits per heavy atom. The smallest absolute Gasteiger partial charge is 0.260 e. The van der Waals surface area contributed by atoms with Gasteiger partial charge in [0.2, 0.25) is 0 Å². The Balaban J connectivity index is 1.56. The molecule has 156 valence electrons. The average molecular weight is 389 g/mol. The Kier molecular flexibility index (Phi) is 7.74. The third-order valence-electron chi connectivity index (χ3n) is 5.97. The number of aryl methyl sites for hydroxylation is 1. The van der Waals surface area contributed by atoms with Gasteiger partial charge in [0.1, 0.15) is 5.75 Å². The molecule has 28 heavy (non-hydrogen) atoms. The summed E-state index contributed by atoms with van der Waals surface area (Å²) in [6, 6.07) is 6.62. The van der Waals surface area contributed by atoms with Gasteiger partial charge in [0.05, 0.1) is 13.2 Å². The van der Waals surface area contributed by atoms with E-state index in [0.717, 1.165) is 70.0 Å². The van der Waals surface area contributed by atoms with E-state index in [-0.39, 0.29) is 12.5 Å². The van der Waals surface area contributed by atoms with E-state index in [1.807, 2.05) is 0 Å². The lowest BCUT2D eigenvalue weighted by atomic mass is 9.99. The summed E-state index contributed by atoms with van der Waals surface area (Å²) in [7, 11) is 0. The second kappa shape index (κ2) is 10.3. The topological polar surface area (TPSA) is 42.0 Å². The van der Waals surface area contributed by atoms with Gasteiger partial charge in [0.25, 0.3) is 5.91 Å². The van der Waals surface area contributed by atoms with Crippen LogP contribution in [-0.4, -0.2) is 67.7 Å². The minimum atomic E-state index is 0.128. The van der Waals surface area contributed by atoms with Crippen LogP contribution >= 0.6 is 0 Å². The molecular formula is C23H36N2O3. The molecule has 2 fully saturated rings. The van der Waals surface area contributed by atoms with E-state index in [1.54, 1.807) is 0 Å². The number of carbonyl (C=O) groups is 1. The quantitative estimate of drug-likeness (QED) is 0.716. The number of piperidine rings is 1. The molecule has 0 unspecified atom stereocenters. The van der Waals surface area contributed by atoms with Crippen LogP contribution in [-0.2, 0) is 9.53 Å². The van der Waals surface area contributed by atoms with Crippen molar-refractivity contribution in [3.05, 3.63) is 29.3 Å². The lowest BCUT2D eigenvalue weighted by Gasteiger charge is -2.37. The molecule has 1 amide bonds. The van der Waals surface area contributed by atoms with Gasteiger partial charge in [-0.15, -0.1) is 0 Å². The van der Waals surface area contributed by atoms with E-state index in [4.69, 9.17) is 9.47 Å². The Morgan fingerprint density at radius 1 is 1.21 bits per heavy atom.